The Morgan fingerprint density at radius 3 is 3.04 bits per heavy atom. The number of pyridine rings is 1. The first-order valence-electron chi connectivity index (χ1n) is 7.80. The molecule has 1 atom stereocenters. The highest BCUT2D eigenvalue weighted by atomic mass is 16.5. The van der Waals surface area contributed by atoms with Crippen molar-refractivity contribution >= 4 is 6.03 Å². The first-order valence-corrected chi connectivity index (χ1v) is 7.80. The van der Waals surface area contributed by atoms with E-state index in [1.54, 1.807) is 6.20 Å². The summed E-state index contributed by atoms with van der Waals surface area (Å²) in [7, 11) is 0. The molecule has 5 heteroatoms. The number of carbonyl (C=O) groups is 1. The van der Waals surface area contributed by atoms with Crippen molar-refractivity contribution < 1.29 is 9.53 Å². The number of nitrogens with one attached hydrogen (secondary N) is 2. The molecule has 0 aliphatic carbocycles. The van der Waals surface area contributed by atoms with Crippen LogP contribution in [0.3, 0.4) is 0 Å². The standard InChI is InChI=1S/C18H21N3O2/c1-12-3-4-17-15(9-12)16(11-23-17)21-18(22)20-8-6-14-5-7-19-10-13(14)2/h3-5,7,9-10,16H,6,8,11H2,1-2H3,(H2,20,21,22). The minimum Gasteiger partial charge on any atom is -0.491 e. The number of hydrogen-bond donors (Lipinski definition) is 2. The Hall–Kier alpha value is -2.56. The molecule has 0 saturated heterocycles. The lowest BCUT2D eigenvalue weighted by molar-refractivity contribution is 0.232. The van der Waals surface area contributed by atoms with E-state index in [1.165, 1.54) is 5.56 Å². The first-order chi connectivity index (χ1) is 11.1. The van der Waals surface area contributed by atoms with Crippen molar-refractivity contribution in [3.63, 3.8) is 0 Å². The van der Waals surface area contributed by atoms with Crippen LogP contribution in [0.4, 0.5) is 4.79 Å². The van der Waals surface area contributed by atoms with E-state index in [2.05, 4.69) is 21.7 Å². The summed E-state index contributed by atoms with van der Waals surface area (Å²) in [4.78, 5) is 16.2. The van der Waals surface area contributed by atoms with Gasteiger partial charge in [-0.25, -0.2) is 4.79 Å². The number of aryl methyl sites for hydroxylation is 2. The molecule has 2 aromatic rings. The van der Waals surface area contributed by atoms with Gasteiger partial charge in [0, 0.05) is 24.5 Å². The predicted molar refractivity (Wildman–Crippen MR) is 88.6 cm³/mol. The van der Waals surface area contributed by atoms with E-state index in [4.69, 9.17) is 4.74 Å². The van der Waals surface area contributed by atoms with Gasteiger partial charge in [0.05, 0.1) is 6.04 Å². The van der Waals surface area contributed by atoms with Gasteiger partial charge in [0.25, 0.3) is 0 Å². The molecule has 120 valence electrons. The van der Waals surface area contributed by atoms with E-state index in [9.17, 15) is 4.79 Å². The maximum Gasteiger partial charge on any atom is 0.315 e. The number of carbonyl (C=O) groups excluding carboxylic acids is 1. The molecule has 0 bridgehead atoms. The summed E-state index contributed by atoms with van der Waals surface area (Å²) >= 11 is 0. The summed E-state index contributed by atoms with van der Waals surface area (Å²) in [5, 5.41) is 5.88. The van der Waals surface area contributed by atoms with E-state index in [0.29, 0.717) is 13.2 Å². The maximum absolute atomic E-state index is 12.1. The molecule has 23 heavy (non-hydrogen) atoms. The Kier molecular flexibility index (Phi) is 4.46. The molecule has 1 aliphatic rings. The quantitative estimate of drug-likeness (QED) is 0.912. The number of ether oxygens (including phenoxy) is 1. The number of urea groups is 1. The van der Waals surface area contributed by atoms with Crippen molar-refractivity contribution in [1.29, 1.82) is 0 Å². The van der Waals surface area contributed by atoms with Crippen LogP contribution >= 0.6 is 0 Å². The second-order valence-electron chi connectivity index (χ2n) is 5.86. The SMILES string of the molecule is Cc1ccc2c(c1)C(NC(=O)NCCc1ccncc1C)CO2. The normalized spacial score (nSPS) is 15.7. The molecule has 2 heterocycles. The lowest BCUT2D eigenvalue weighted by Crippen LogP contribution is -2.39. The fourth-order valence-corrected chi connectivity index (χ4v) is 2.76. The molecule has 0 radical (unpaired) electrons. The fraction of sp³-hybridized carbons (Fsp3) is 0.333. The van der Waals surface area contributed by atoms with Crippen LogP contribution in [0.5, 0.6) is 5.75 Å². The molecule has 0 fully saturated rings. The number of rotatable bonds is 4. The van der Waals surface area contributed by atoms with Crippen molar-refractivity contribution in [2.24, 2.45) is 0 Å². The van der Waals surface area contributed by atoms with Crippen molar-refractivity contribution in [2.75, 3.05) is 13.2 Å². The fourth-order valence-electron chi connectivity index (χ4n) is 2.76. The topological polar surface area (TPSA) is 63.2 Å². The van der Waals surface area contributed by atoms with Crippen molar-refractivity contribution in [2.45, 2.75) is 26.3 Å². The highest BCUT2D eigenvalue weighted by Gasteiger charge is 2.25. The molecule has 1 aromatic carbocycles. The molecule has 0 saturated carbocycles. The van der Waals surface area contributed by atoms with Crippen LogP contribution in [0.25, 0.3) is 0 Å². The number of fused-ring (bicyclic) bond motifs is 1. The Bertz CT molecular complexity index is 715. The van der Waals surface area contributed by atoms with Gasteiger partial charge in [0.1, 0.15) is 12.4 Å². The molecular weight excluding hydrogens is 290 g/mol. The van der Waals surface area contributed by atoms with Crippen molar-refractivity contribution in [3.05, 3.63) is 58.9 Å². The van der Waals surface area contributed by atoms with E-state index in [1.807, 2.05) is 38.2 Å². The number of amides is 2. The number of aromatic nitrogens is 1. The second-order valence-corrected chi connectivity index (χ2v) is 5.86. The van der Waals surface area contributed by atoms with Gasteiger partial charge in [-0.15, -0.1) is 0 Å². The van der Waals surface area contributed by atoms with E-state index in [-0.39, 0.29) is 12.1 Å². The average Bonchev–Trinajstić information content (AvgIpc) is 2.91. The summed E-state index contributed by atoms with van der Waals surface area (Å²) in [5.74, 6) is 0.855. The Balaban J connectivity index is 1.51. The minimum atomic E-state index is -0.167. The summed E-state index contributed by atoms with van der Waals surface area (Å²) in [6.45, 7) is 5.13. The zero-order valence-electron chi connectivity index (χ0n) is 13.4. The van der Waals surface area contributed by atoms with Gasteiger partial charge >= 0.3 is 6.03 Å². The molecular formula is C18H21N3O2. The van der Waals surface area contributed by atoms with E-state index in [0.717, 1.165) is 28.9 Å². The summed E-state index contributed by atoms with van der Waals surface area (Å²) in [5.41, 5.74) is 4.55. The summed E-state index contributed by atoms with van der Waals surface area (Å²) in [6, 6.07) is 7.76. The van der Waals surface area contributed by atoms with Crippen molar-refractivity contribution in [3.8, 4) is 5.75 Å². The molecule has 1 aliphatic heterocycles. The molecule has 1 unspecified atom stereocenters. The van der Waals surface area contributed by atoms with Gasteiger partial charge < -0.3 is 15.4 Å². The van der Waals surface area contributed by atoms with Crippen LogP contribution in [0.2, 0.25) is 0 Å². The maximum atomic E-state index is 12.1. The third-order valence-corrected chi connectivity index (χ3v) is 4.07. The lowest BCUT2D eigenvalue weighted by Gasteiger charge is -2.13. The number of nitrogens with zero attached hydrogens (tertiary/aromatic N) is 1. The highest BCUT2D eigenvalue weighted by molar-refractivity contribution is 5.74. The third-order valence-electron chi connectivity index (χ3n) is 4.07. The Morgan fingerprint density at radius 1 is 1.35 bits per heavy atom. The first kappa shape index (κ1) is 15.3. The van der Waals surface area contributed by atoms with Gasteiger partial charge in [-0.1, -0.05) is 17.7 Å². The van der Waals surface area contributed by atoms with E-state index < -0.39 is 0 Å². The highest BCUT2D eigenvalue weighted by Crippen LogP contribution is 2.32. The number of hydrogen-bond acceptors (Lipinski definition) is 3. The molecule has 5 nitrogen and oxygen atoms in total. The third kappa shape index (κ3) is 3.62. The summed E-state index contributed by atoms with van der Waals surface area (Å²) < 4.78 is 5.61. The Morgan fingerprint density at radius 2 is 2.22 bits per heavy atom. The van der Waals surface area contributed by atoms with Gasteiger partial charge in [-0.05, 0) is 43.5 Å². The summed E-state index contributed by atoms with van der Waals surface area (Å²) in [6.07, 6.45) is 4.40. The van der Waals surface area contributed by atoms with Gasteiger partial charge in [0.2, 0.25) is 0 Å². The van der Waals surface area contributed by atoms with Crippen LogP contribution in [0, 0.1) is 13.8 Å². The zero-order chi connectivity index (χ0) is 16.2. The van der Waals surface area contributed by atoms with Crippen LogP contribution in [0.1, 0.15) is 28.3 Å². The Labute approximate surface area is 136 Å². The van der Waals surface area contributed by atoms with Gasteiger partial charge in [-0.2, -0.15) is 0 Å². The monoisotopic (exact) mass is 311 g/mol. The molecule has 2 amide bonds. The minimum absolute atomic E-state index is 0.0902. The van der Waals surface area contributed by atoms with E-state index >= 15 is 0 Å². The van der Waals surface area contributed by atoms with Crippen LogP contribution < -0.4 is 15.4 Å². The zero-order valence-corrected chi connectivity index (χ0v) is 13.4. The number of benzene rings is 1. The van der Waals surface area contributed by atoms with Crippen LogP contribution in [0.15, 0.2) is 36.7 Å². The molecule has 1 aromatic heterocycles. The average molecular weight is 311 g/mol. The predicted octanol–water partition coefficient (Wildman–Crippen LogP) is 2.67. The molecule has 2 N–H and O–H groups in total. The van der Waals surface area contributed by atoms with Crippen LogP contribution in [-0.2, 0) is 6.42 Å². The molecule has 3 rings (SSSR count). The smallest absolute Gasteiger partial charge is 0.315 e. The van der Waals surface area contributed by atoms with Crippen molar-refractivity contribution in [1.82, 2.24) is 15.6 Å². The largest absolute Gasteiger partial charge is 0.491 e. The lowest BCUT2D eigenvalue weighted by atomic mass is 10.1. The van der Waals surface area contributed by atoms with Gasteiger partial charge in [-0.3, -0.25) is 4.98 Å². The van der Waals surface area contributed by atoms with Crippen LogP contribution in [-0.4, -0.2) is 24.2 Å². The van der Waals surface area contributed by atoms with Gasteiger partial charge in [0.15, 0.2) is 0 Å². The molecule has 0 spiro atoms. The second kappa shape index (κ2) is 6.69.